The summed E-state index contributed by atoms with van der Waals surface area (Å²) >= 11 is 0. The van der Waals surface area contributed by atoms with Gasteiger partial charge in [0.2, 0.25) is 0 Å². The van der Waals surface area contributed by atoms with Crippen molar-refractivity contribution in [2.45, 2.75) is 58.7 Å². The fourth-order valence-corrected chi connectivity index (χ4v) is 3.02. The number of carbonyl (C=O) groups excluding carboxylic acids is 1. The van der Waals surface area contributed by atoms with Gasteiger partial charge in [0.05, 0.1) is 6.10 Å². The minimum atomic E-state index is -0.234. The highest BCUT2D eigenvalue weighted by molar-refractivity contribution is 6.02. The zero-order valence-corrected chi connectivity index (χ0v) is 14.4. The molecule has 4 heteroatoms. The molecule has 1 heterocycles. The number of amides is 1. The molecule has 2 aromatic rings. The standard InChI is InChI=1S/C20H25NO3/c1-14-8-9-16(12-15(14)2)21-20(22)19-11-10-18(24-19)13-23-17-6-4-3-5-7-17/h8-12,17H,3-7,13H2,1-2H3,(H,21,22). The van der Waals surface area contributed by atoms with Crippen LogP contribution in [0.15, 0.2) is 34.7 Å². The molecule has 1 amide bonds. The molecular weight excluding hydrogens is 302 g/mol. The van der Waals surface area contributed by atoms with Crippen molar-refractivity contribution in [2.24, 2.45) is 0 Å². The summed E-state index contributed by atoms with van der Waals surface area (Å²) in [6.45, 7) is 4.51. The maximum absolute atomic E-state index is 12.3. The van der Waals surface area contributed by atoms with E-state index in [0.717, 1.165) is 24.1 Å². The van der Waals surface area contributed by atoms with Crippen LogP contribution in [0.5, 0.6) is 0 Å². The number of ether oxygens (including phenoxy) is 1. The van der Waals surface area contributed by atoms with Gasteiger partial charge in [0, 0.05) is 5.69 Å². The van der Waals surface area contributed by atoms with Gasteiger partial charge in [0.25, 0.3) is 5.91 Å². The summed E-state index contributed by atoms with van der Waals surface area (Å²) in [6, 6.07) is 9.38. The van der Waals surface area contributed by atoms with Gasteiger partial charge >= 0.3 is 0 Å². The molecule has 1 saturated carbocycles. The van der Waals surface area contributed by atoms with Gasteiger partial charge < -0.3 is 14.5 Å². The third kappa shape index (κ3) is 4.26. The highest BCUT2D eigenvalue weighted by atomic mass is 16.5. The van der Waals surface area contributed by atoms with Crippen molar-refractivity contribution in [3.8, 4) is 0 Å². The van der Waals surface area contributed by atoms with Gasteiger partial charge in [-0.3, -0.25) is 4.79 Å². The largest absolute Gasteiger partial charge is 0.453 e. The fourth-order valence-electron chi connectivity index (χ4n) is 3.02. The van der Waals surface area contributed by atoms with Gasteiger partial charge in [0.15, 0.2) is 5.76 Å². The van der Waals surface area contributed by atoms with Crippen molar-refractivity contribution in [1.82, 2.24) is 0 Å². The zero-order chi connectivity index (χ0) is 16.9. The number of carbonyl (C=O) groups is 1. The summed E-state index contributed by atoms with van der Waals surface area (Å²) in [4.78, 5) is 12.3. The van der Waals surface area contributed by atoms with Crippen molar-refractivity contribution < 1.29 is 13.9 Å². The topological polar surface area (TPSA) is 51.5 Å². The SMILES string of the molecule is Cc1ccc(NC(=O)c2ccc(COC3CCCCC3)o2)cc1C. The number of hydrogen-bond donors (Lipinski definition) is 1. The molecule has 1 aromatic heterocycles. The molecule has 0 spiro atoms. The van der Waals surface area contributed by atoms with Crippen LogP contribution in [-0.2, 0) is 11.3 Å². The van der Waals surface area contributed by atoms with Crippen molar-refractivity contribution in [1.29, 1.82) is 0 Å². The van der Waals surface area contributed by atoms with Crippen molar-refractivity contribution in [2.75, 3.05) is 5.32 Å². The van der Waals surface area contributed by atoms with Crippen LogP contribution in [0.1, 0.15) is 59.5 Å². The van der Waals surface area contributed by atoms with Gasteiger partial charge in [-0.2, -0.15) is 0 Å². The van der Waals surface area contributed by atoms with E-state index in [4.69, 9.17) is 9.15 Å². The molecular formula is C20H25NO3. The van der Waals surface area contributed by atoms with E-state index in [1.165, 1.54) is 24.8 Å². The number of benzene rings is 1. The Kier molecular flexibility index (Phi) is 5.36. The Morgan fingerprint density at radius 1 is 1.12 bits per heavy atom. The number of aryl methyl sites for hydroxylation is 2. The molecule has 0 atom stereocenters. The fraction of sp³-hybridized carbons (Fsp3) is 0.450. The van der Waals surface area contributed by atoms with Crippen molar-refractivity contribution in [3.63, 3.8) is 0 Å². The highest BCUT2D eigenvalue weighted by Crippen LogP contribution is 2.22. The molecule has 1 aliphatic carbocycles. The minimum Gasteiger partial charge on any atom is -0.453 e. The summed E-state index contributed by atoms with van der Waals surface area (Å²) in [5.41, 5.74) is 3.13. The Hall–Kier alpha value is -2.07. The third-order valence-corrected chi connectivity index (χ3v) is 4.66. The second-order valence-corrected chi connectivity index (χ2v) is 6.59. The summed E-state index contributed by atoms with van der Waals surface area (Å²) < 4.78 is 11.5. The van der Waals surface area contributed by atoms with Gasteiger partial charge in [-0.25, -0.2) is 0 Å². The summed E-state index contributed by atoms with van der Waals surface area (Å²) in [5.74, 6) is 0.781. The second kappa shape index (κ2) is 7.67. The maximum atomic E-state index is 12.3. The van der Waals surface area contributed by atoms with Crippen LogP contribution in [0.3, 0.4) is 0 Å². The lowest BCUT2D eigenvalue weighted by atomic mass is 9.98. The molecule has 3 rings (SSSR count). The van der Waals surface area contributed by atoms with Gasteiger partial charge in [-0.15, -0.1) is 0 Å². The Labute approximate surface area is 143 Å². The van der Waals surface area contributed by atoms with Gasteiger partial charge in [0.1, 0.15) is 12.4 Å². The minimum absolute atomic E-state index is 0.234. The predicted molar refractivity (Wildman–Crippen MR) is 94.2 cm³/mol. The van der Waals surface area contributed by atoms with Crippen molar-refractivity contribution in [3.05, 3.63) is 53.0 Å². The molecule has 1 fully saturated rings. The Balaban J connectivity index is 1.55. The van der Waals surface area contributed by atoms with E-state index in [9.17, 15) is 4.79 Å². The normalized spacial score (nSPS) is 15.4. The molecule has 128 valence electrons. The van der Waals surface area contributed by atoms with Crippen LogP contribution in [0.4, 0.5) is 5.69 Å². The first-order valence-corrected chi connectivity index (χ1v) is 8.71. The maximum Gasteiger partial charge on any atom is 0.291 e. The van der Waals surface area contributed by atoms with E-state index < -0.39 is 0 Å². The molecule has 0 saturated heterocycles. The third-order valence-electron chi connectivity index (χ3n) is 4.66. The molecule has 1 N–H and O–H groups in total. The van der Waals surface area contributed by atoms with Gasteiger partial charge in [-0.05, 0) is 62.1 Å². The van der Waals surface area contributed by atoms with E-state index >= 15 is 0 Å². The number of nitrogens with one attached hydrogen (secondary N) is 1. The average Bonchev–Trinajstić information content (AvgIpc) is 3.06. The van der Waals surface area contributed by atoms with Crippen LogP contribution in [-0.4, -0.2) is 12.0 Å². The number of hydrogen-bond acceptors (Lipinski definition) is 3. The number of rotatable bonds is 5. The second-order valence-electron chi connectivity index (χ2n) is 6.59. The van der Waals surface area contributed by atoms with Gasteiger partial charge in [-0.1, -0.05) is 25.3 Å². The lowest BCUT2D eigenvalue weighted by molar-refractivity contribution is 0.00849. The van der Waals surface area contributed by atoms with E-state index in [1.807, 2.05) is 38.1 Å². The van der Waals surface area contributed by atoms with Crippen LogP contribution in [0, 0.1) is 13.8 Å². The smallest absolute Gasteiger partial charge is 0.291 e. The zero-order valence-electron chi connectivity index (χ0n) is 14.4. The summed E-state index contributed by atoms with van der Waals surface area (Å²) in [7, 11) is 0. The molecule has 0 bridgehead atoms. The highest BCUT2D eigenvalue weighted by Gasteiger charge is 2.16. The monoisotopic (exact) mass is 327 g/mol. The molecule has 4 nitrogen and oxygen atoms in total. The first kappa shape index (κ1) is 16.8. The first-order valence-electron chi connectivity index (χ1n) is 8.71. The number of furan rings is 1. The number of anilines is 1. The summed E-state index contributed by atoms with van der Waals surface area (Å²) in [5, 5.41) is 2.87. The Morgan fingerprint density at radius 3 is 2.67 bits per heavy atom. The van der Waals surface area contributed by atoms with E-state index in [-0.39, 0.29) is 5.91 Å². The van der Waals surface area contributed by atoms with E-state index in [1.54, 1.807) is 6.07 Å². The quantitative estimate of drug-likeness (QED) is 0.841. The summed E-state index contributed by atoms with van der Waals surface area (Å²) in [6.07, 6.45) is 6.38. The molecule has 0 aliphatic heterocycles. The molecule has 1 aromatic carbocycles. The lowest BCUT2D eigenvalue weighted by Crippen LogP contribution is -2.16. The van der Waals surface area contributed by atoms with Crippen molar-refractivity contribution >= 4 is 11.6 Å². The molecule has 24 heavy (non-hydrogen) atoms. The average molecular weight is 327 g/mol. The van der Waals surface area contributed by atoms with Crippen LogP contribution in [0.2, 0.25) is 0 Å². The molecule has 0 unspecified atom stereocenters. The molecule has 0 radical (unpaired) electrons. The Bertz CT molecular complexity index is 699. The van der Waals surface area contributed by atoms with Crippen LogP contribution >= 0.6 is 0 Å². The Morgan fingerprint density at radius 2 is 1.92 bits per heavy atom. The van der Waals surface area contributed by atoms with E-state index in [2.05, 4.69) is 5.32 Å². The lowest BCUT2D eigenvalue weighted by Gasteiger charge is -2.21. The molecule has 1 aliphatic rings. The predicted octanol–water partition coefficient (Wildman–Crippen LogP) is 5.00. The van der Waals surface area contributed by atoms with E-state index in [0.29, 0.717) is 24.2 Å². The van der Waals surface area contributed by atoms with Crippen LogP contribution < -0.4 is 5.32 Å². The first-order chi connectivity index (χ1) is 11.6. The van der Waals surface area contributed by atoms with Crippen LogP contribution in [0.25, 0.3) is 0 Å².